The van der Waals surface area contributed by atoms with E-state index in [9.17, 15) is 19.3 Å². The second kappa shape index (κ2) is 5.96. The molecule has 2 unspecified atom stereocenters. The Hall–Kier alpha value is -2.02. The smallest absolute Gasteiger partial charge is 0.292 e. The standard InChI is InChI=1S/C13H16FN3O3/c1-8-3-2-6-15-12(8)13(18)16-10-7-9(14)4-5-11(10)17(19)20/h4-5,7-8,12,15H,2-3,6H2,1H3,(H,16,18). The van der Waals surface area contributed by atoms with Crippen molar-refractivity contribution < 1.29 is 14.1 Å². The topological polar surface area (TPSA) is 84.3 Å². The first kappa shape index (κ1) is 14.4. The highest BCUT2D eigenvalue weighted by atomic mass is 19.1. The quantitative estimate of drug-likeness (QED) is 0.656. The molecule has 1 fully saturated rings. The highest BCUT2D eigenvalue weighted by molar-refractivity contribution is 5.97. The minimum Gasteiger partial charge on any atom is -0.319 e. The van der Waals surface area contributed by atoms with Crippen LogP contribution in [0.2, 0.25) is 0 Å². The second-order valence-corrected chi connectivity index (χ2v) is 4.96. The van der Waals surface area contributed by atoms with Crippen LogP contribution >= 0.6 is 0 Å². The fourth-order valence-corrected chi connectivity index (χ4v) is 2.38. The Morgan fingerprint density at radius 3 is 2.95 bits per heavy atom. The van der Waals surface area contributed by atoms with Crippen LogP contribution in [-0.2, 0) is 4.79 Å². The summed E-state index contributed by atoms with van der Waals surface area (Å²) in [4.78, 5) is 22.4. The summed E-state index contributed by atoms with van der Waals surface area (Å²) in [6.45, 7) is 2.67. The average Bonchev–Trinajstić information content (AvgIpc) is 2.38. The number of carbonyl (C=O) groups is 1. The maximum absolute atomic E-state index is 13.2. The van der Waals surface area contributed by atoms with E-state index >= 15 is 0 Å². The first-order chi connectivity index (χ1) is 9.49. The van der Waals surface area contributed by atoms with E-state index in [1.165, 1.54) is 0 Å². The number of halogens is 1. The number of piperidine rings is 1. The number of nitrogens with zero attached hydrogens (tertiary/aromatic N) is 1. The van der Waals surface area contributed by atoms with Crippen molar-refractivity contribution in [3.8, 4) is 0 Å². The Morgan fingerprint density at radius 1 is 1.55 bits per heavy atom. The van der Waals surface area contributed by atoms with Crippen molar-refractivity contribution in [1.29, 1.82) is 0 Å². The van der Waals surface area contributed by atoms with Gasteiger partial charge in [0.25, 0.3) is 5.69 Å². The molecule has 1 aliphatic heterocycles. The van der Waals surface area contributed by atoms with E-state index in [2.05, 4.69) is 10.6 Å². The van der Waals surface area contributed by atoms with Crippen LogP contribution in [0.25, 0.3) is 0 Å². The number of anilines is 1. The van der Waals surface area contributed by atoms with Crippen LogP contribution < -0.4 is 10.6 Å². The molecule has 2 atom stereocenters. The van der Waals surface area contributed by atoms with Crippen molar-refractivity contribution in [2.45, 2.75) is 25.8 Å². The van der Waals surface area contributed by atoms with E-state index in [1.807, 2.05) is 6.92 Å². The molecule has 108 valence electrons. The van der Waals surface area contributed by atoms with Crippen molar-refractivity contribution in [2.24, 2.45) is 5.92 Å². The lowest BCUT2D eigenvalue weighted by Gasteiger charge is -2.28. The van der Waals surface area contributed by atoms with Gasteiger partial charge in [-0.1, -0.05) is 6.92 Å². The Morgan fingerprint density at radius 2 is 2.30 bits per heavy atom. The third-order valence-electron chi connectivity index (χ3n) is 3.47. The van der Waals surface area contributed by atoms with E-state index in [0.717, 1.165) is 37.6 Å². The minimum absolute atomic E-state index is 0.112. The summed E-state index contributed by atoms with van der Waals surface area (Å²) >= 11 is 0. The average molecular weight is 281 g/mol. The first-order valence-corrected chi connectivity index (χ1v) is 6.47. The lowest BCUT2D eigenvalue weighted by molar-refractivity contribution is -0.384. The zero-order valence-electron chi connectivity index (χ0n) is 11.1. The molecular formula is C13H16FN3O3. The Labute approximate surface area is 115 Å². The van der Waals surface area contributed by atoms with Gasteiger partial charge in [-0.25, -0.2) is 4.39 Å². The van der Waals surface area contributed by atoms with Crippen LogP contribution in [0.15, 0.2) is 18.2 Å². The van der Waals surface area contributed by atoms with Crippen LogP contribution in [0.5, 0.6) is 0 Å². The van der Waals surface area contributed by atoms with Crippen LogP contribution in [-0.4, -0.2) is 23.4 Å². The summed E-state index contributed by atoms with van der Waals surface area (Å²) in [5.41, 5.74) is -0.428. The van der Waals surface area contributed by atoms with Gasteiger partial charge in [0.15, 0.2) is 0 Å². The molecule has 6 nitrogen and oxygen atoms in total. The molecule has 1 heterocycles. The lowest BCUT2D eigenvalue weighted by atomic mass is 9.92. The summed E-state index contributed by atoms with van der Waals surface area (Å²) in [5.74, 6) is -0.863. The molecule has 20 heavy (non-hydrogen) atoms. The molecule has 0 radical (unpaired) electrons. The third kappa shape index (κ3) is 3.11. The molecule has 0 saturated carbocycles. The van der Waals surface area contributed by atoms with Gasteiger partial charge < -0.3 is 10.6 Å². The van der Waals surface area contributed by atoms with Gasteiger partial charge in [-0.3, -0.25) is 14.9 Å². The van der Waals surface area contributed by atoms with Crippen LogP contribution in [0.1, 0.15) is 19.8 Å². The number of rotatable bonds is 3. The van der Waals surface area contributed by atoms with Gasteiger partial charge >= 0.3 is 0 Å². The van der Waals surface area contributed by atoms with Crippen LogP contribution in [0.3, 0.4) is 0 Å². The fraction of sp³-hybridized carbons (Fsp3) is 0.462. The number of nitro groups is 1. The van der Waals surface area contributed by atoms with Crippen molar-refractivity contribution in [2.75, 3.05) is 11.9 Å². The number of hydrogen-bond donors (Lipinski definition) is 2. The Kier molecular flexibility index (Phi) is 4.29. The van der Waals surface area contributed by atoms with Gasteiger partial charge in [0.2, 0.25) is 5.91 Å². The summed E-state index contributed by atoms with van der Waals surface area (Å²) in [7, 11) is 0. The van der Waals surface area contributed by atoms with Gasteiger partial charge in [0, 0.05) is 12.1 Å². The zero-order chi connectivity index (χ0) is 14.7. The molecule has 0 aliphatic carbocycles. The van der Waals surface area contributed by atoms with E-state index in [4.69, 9.17) is 0 Å². The molecule has 7 heteroatoms. The molecule has 2 N–H and O–H groups in total. The number of nitrogens with one attached hydrogen (secondary N) is 2. The highest BCUT2D eigenvalue weighted by Gasteiger charge is 2.28. The number of amides is 1. The van der Waals surface area contributed by atoms with Crippen molar-refractivity contribution in [3.63, 3.8) is 0 Å². The number of hydrogen-bond acceptors (Lipinski definition) is 4. The predicted molar refractivity (Wildman–Crippen MR) is 71.9 cm³/mol. The van der Waals surface area contributed by atoms with Gasteiger partial charge in [0.05, 0.1) is 11.0 Å². The zero-order valence-corrected chi connectivity index (χ0v) is 11.1. The predicted octanol–water partition coefficient (Wildman–Crippen LogP) is 2.06. The van der Waals surface area contributed by atoms with Crippen molar-refractivity contribution in [3.05, 3.63) is 34.1 Å². The molecule has 2 rings (SSSR count). The van der Waals surface area contributed by atoms with Crippen LogP contribution in [0.4, 0.5) is 15.8 Å². The molecule has 0 bridgehead atoms. The summed E-state index contributed by atoms with van der Waals surface area (Å²) in [6, 6.07) is 2.59. The molecule has 1 aromatic carbocycles. The van der Waals surface area contributed by atoms with E-state index < -0.39 is 16.8 Å². The molecule has 0 aromatic heterocycles. The Balaban J connectivity index is 2.18. The molecule has 0 spiro atoms. The van der Waals surface area contributed by atoms with E-state index in [-0.39, 0.29) is 23.2 Å². The largest absolute Gasteiger partial charge is 0.319 e. The second-order valence-electron chi connectivity index (χ2n) is 4.96. The summed E-state index contributed by atoms with van der Waals surface area (Å²) < 4.78 is 13.2. The molecule has 1 aromatic rings. The maximum Gasteiger partial charge on any atom is 0.292 e. The van der Waals surface area contributed by atoms with Crippen LogP contribution in [0, 0.1) is 21.8 Å². The van der Waals surface area contributed by atoms with E-state index in [0.29, 0.717) is 0 Å². The maximum atomic E-state index is 13.2. The van der Waals surface area contributed by atoms with Gasteiger partial charge in [0.1, 0.15) is 11.5 Å². The molecule has 1 amide bonds. The minimum atomic E-state index is -0.646. The molecule has 1 aliphatic rings. The number of nitro benzene ring substituents is 1. The Bertz CT molecular complexity index is 536. The van der Waals surface area contributed by atoms with Gasteiger partial charge in [-0.2, -0.15) is 0 Å². The summed E-state index contributed by atoms with van der Waals surface area (Å²) in [5, 5.41) is 16.4. The third-order valence-corrected chi connectivity index (χ3v) is 3.47. The monoisotopic (exact) mass is 281 g/mol. The summed E-state index contributed by atoms with van der Waals surface area (Å²) in [6.07, 6.45) is 1.90. The first-order valence-electron chi connectivity index (χ1n) is 6.47. The highest BCUT2D eigenvalue weighted by Crippen LogP contribution is 2.26. The van der Waals surface area contributed by atoms with Crippen molar-refractivity contribution in [1.82, 2.24) is 5.32 Å². The van der Waals surface area contributed by atoms with Gasteiger partial charge in [-0.05, 0) is 31.4 Å². The SMILES string of the molecule is CC1CCCNC1C(=O)Nc1cc(F)ccc1[N+](=O)[O-]. The van der Waals surface area contributed by atoms with E-state index in [1.54, 1.807) is 0 Å². The number of carbonyl (C=O) groups excluding carboxylic acids is 1. The molecule has 1 saturated heterocycles. The molecular weight excluding hydrogens is 265 g/mol. The van der Waals surface area contributed by atoms with Crippen molar-refractivity contribution >= 4 is 17.3 Å². The lowest BCUT2D eigenvalue weighted by Crippen LogP contribution is -2.48. The number of benzene rings is 1. The van der Waals surface area contributed by atoms with Gasteiger partial charge in [-0.15, -0.1) is 0 Å². The normalized spacial score (nSPS) is 22.3. The fourth-order valence-electron chi connectivity index (χ4n) is 2.38.